The third kappa shape index (κ3) is 1.64. The van der Waals surface area contributed by atoms with Crippen molar-refractivity contribution in [3.05, 3.63) is 0 Å². The van der Waals surface area contributed by atoms with Gasteiger partial charge in [-0.1, -0.05) is 0 Å². The first-order valence-electron chi connectivity index (χ1n) is 7.40. The van der Waals surface area contributed by atoms with E-state index in [0.717, 1.165) is 18.3 Å². The van der Waals surface area contributed by atoms with Crippen LogP contribution in [0.4, 0.5) is 4.79 Å². The van der Waals surface area contributed by atoms with Crippen LogP contribution in [0.5, 0.6) is 0 Å². The first-order chi connectivity index (χ1) is 9.29. The fourth-order valence-corrected chi connectivity index (χ4v) is 4.89. The van der Waals surface area contributed by atoms with Crippen molar-refractivity contribution in [2.45, 2.75) is 43.7 Å². The Morgan fingerprint density at radius 2 is 2.11 bits per heavy atom. The highest BCUT2D eigenvalue weighted by Gasteiger charge is 2.67. The predicted octanol–water partition coefficient (Wildman–Crippen LogP) is 1.35. The summed E-state index contributed by atoms with van der Waals surface area (Å²) >= 11 is 0. The number of ether oxygens (including phenoxy) is 4. The summed E-state index contributed by atoms with van der Waals surface area (Å²) in [6.45, 7) is 1.04. The zero-order chi connectivity index (χ0) is 12.6. The largest absolute Gasteiger partial charge is 0.508 e. The molecule has 5 rings (SSSR count). The SMILES string of the molecule is O=C(OCC1CO1)OC1CC2CC1C1CC3OC3C21. The summed E-state index contributed by atoms with van der Waals surface area (Å²) in [7, 11) is 0. The van der Waals surface area contributed by atoms with Gasteiger partial charge in [0.2, 0.25) is 0 Å². The fraction of sp³-hybridized carbons (Fsp3) is 0.929. The van der Waals surface area contributed by atoms with Crippen LogP contribution in [0.2, 0.25) is 0 Å². The molecule has 19 heavy (non-hydrogen) atoms. The molecule has 0 N–H and O–H groups in total. The average Bonchev–Trinajstić information content (AvgIpc) is 3.26. The molecule has 3 aliphatic carbocycles. The van der Waals surface area contributed by atoms with Gasteiger partial charge in [-0.25, -0.2) is 4.79 Å². The van der Waals surface area contributed by atoms with Crippen LogP contribution in [0.15, 0.2) is 0 Å². The smallest absolute Gasteiger partial charge is 0.431 e. The number of carbonyl (C=O) groups is 1. The van der Waals surface area contributed by atoms with Crippen molar-refractivity contribution in [3.8, 4) is 0 Å². The van der Waals surface area contributed by atoms with Crippen LogP contribution < -0.4 is 0 Å². The van der Waals surface area contributed by atoms with Crippen molar-refractivity contribution in [2.75, 3.05) is 13.2 Å². The van der Waals surface area contributed by atoms with Gasteiger partial charge in [-0.05, 0) is 42.9 Å². The van der Waals surface area contributed by atoms with Crippen LogP contribution in [0.1, 0.15) is 19.3 Å². The maximum atomic E-state index is 11.6. The summed E-state index contributed by atoms with van der Waals surface area (Å²) in [4.78, 5) is 11.6. The van der Waals surface area contributed by atoms with Crippen molar-refractivity contribution in [1.82, 2.24) is 0 Å². The van der Waals surface area contributed by atoms with Crippen LogP contribution in [-0.2, 0) is 18.9 Å². The maximum absolute atomic E-state index is 11.6. The molecule has 8 unspecified atom stereocenters. The number of epoxide rings is 2. The lowest BCUT2D eigenvalue weighted by Gasteiger charge is -2.31. The zero-order valence-electron chi connectivity index (χ0n) is 10.7. The summed E-state index contributed by atoms with van der Waals surface area (Å²) in [6, 6.07) is 0. The van der Waals surface area contributed by atoms with E-state index < -0.39 is 6.16 Å². The first-order valence-corrected chi connectivity index (χ1v) is 7.40. The van der Waals surface area contributed by atoms with Crippen molar-refractivity contribution >= 4 is 6.16 Å². The molecule has 2 aliphatic heterocycles. The van der Waals surface area contributed by atoms with E-state index in [1.165, 1.54) is 12.8 Å². The van der Waals surface area contributed by atoms with Crippen molar-refractivity contribution in [2.24, 2.45) is 23.7 Å². The summed E-state index contributed by atoms with van der Waals surface area (Å²) in [5.41, 5.74) is 0. The van der Waals surface area contributed by atoms with E-state index in [0.29, 0.717) is 37.3 Å². The number of hydrogen-bond acceptors (Lipinski definition) is 5. The minimum absolute atomic E-state index is 0.0800. The predicted molar refractivity (Wildman–Crippen MR) is 62.4 cm³/mol. The molecule has 0 aromatic rings. The molecule has 5 nitrogen and oxygen atoms in total. The zero-order valence-corrected chi connectivity index (χ0v) is 10.7. The first kappa shape index (κ1) is 10.9. The molecule has 5 heteroatoms. The Morgan fingerprint density at radius 1 is 1.21 bits per heavy atom. The molecule has 2 heterocycles. The van der Waals surface area contributed by atoms with Gasteiger partial charge in [-0.15, -0.1) is 0 Å². The topological polar surface area (TPSA) is 60.6 Å². The highest BCUT2D eigenvalue weighted by atomic mass is 16.7. The Kier molecular flexibility index (Phi) is 2.09. The molecule has 2 saturated heterocycles. The second-order valence-corrected chi connectivity index (χ2v) is 6.68. The lowest BCUT2D eigenvalue weighted by atomic mass is 9.79. The van der Waals surface area contributed by atoms with E-state index in [-0.39, 0.29) is 12.2 Å². The van der Waals surface area contributed by atoms with Gasteiger partial charge in [-0.3, -0.25) is 0 Å². The minimum Gasteiger partial charge on any atom is -0.431 e. The van der Waals surface area contributed by atoms with Crippen molar-refractivity contribution < 1.29 is 23.7 Å². The van der Waals surface area contributed by atoms with Gasteiger partial charge in [0.25, 0.3) is 0 Å². The molecular weight excluding hydrogens is 248 g/mol. The van der Waals surface area contributed by atoms with E-state index in [1.807, 2.05) is 0 Å². The van der Waals surface area contributed by atoms with Gasteiger partial charge in [-0.2, -0.15) is 0 Å². The Hall–Kier alpha value is -0.810. The Morgan fingerprint density at radius 3 is 2.95 bits per heavy atom. The van der Waals surface area contributed by atoms with Crippen molar-refractivity contribution in [3.63, 3.8) is 0 Å². The molecule has 2 bridgehead atoms. The van der Waals surface area contributed by atoms with E-state index in [4.69, 9.17) is 18.9 Å². The van der Waals surface area contributed by atoms with E-state index in [2.05, 4.69) is 0 Å². The Bertz CT molecular complexity index is 420. The molecule has 104 valence electrons. The number of hydrogen-bond donors (Lipinski definition) is 0. The fourth-order valence-electron chi connectivity index (χ4n) is 4.89. The number of rotatable bonds is 3. The number of carbonyl (C=O) groups excluding carboxylic acids is 1. The Labute approximate surface area is 111 Å². The lowest BCUT2D eigenvalue weighted by Crippen LogP contribution is -2.34. The summed E-state index contributed by atoms with van der Waals surface area (Å²) < 4.78 is 21.3. The van der Waals surface area contributed by atoms with E-state index >= 15 is 0 Å². The molecule has 0 amide bonds. The molecule has 5 fully saturated rings. The van der Waals surface area contributed by atoms with Crippen LogP contribution in [0.3, 0.4) is 0 Å². The maximum Gasteiger partial charge on any atom is 0.508 e. The third-order valence-corrected chi connectivity index (χ3v) is 5.72. The lowest BCUT2D eigenvalue weighted by molar-refractivity contribution is -0.0212. The summed E-state index contributed by atoms with van der Waals surface area (Å²) in [6.07, 6.45) is 4.15. The second kappa shape index (κ2) is 3.64. The molecule has 8 atom stereocenters. The minimum atomic E-state index is -0.510. The van der Waals surface area contributed by atoms with Crippen LogP contribution in [0.25, 0.3) is 0 Å². The molecular formula is C14H18O5. The van der Waals surface area contributed by atoms with E-state index in [9.17, 15) is 4.79 Å². The van der Waals surface area contributed by atoms with Gasteiger partial charge in [0.1, 0.15) is 18.8 Å². The van der Waals surface area contributed by atoms with Crippen LogP contribution in [0, 0.1) is 23.7 Å². The Balaban J connectivity index is 1.20. The van der Waals surface area contributed by atoms with Crippen LogP contribution >= 0.6 is 0 Å². The average molecular weight is 266 g/mol. The van der Waals surface area contributed by atoms with Crippen LogP contribution in [-0.4, -0.2) is 43.8 Å². The van der Waals surface area contributed by atoms with Gasteiger partial charge in [0.15, 0.2) is 0 Å². The monoisotopic (exact) mass is 266 g/mol. The normalized spacial score (nSPS) is 55.6. The molecule has 0 radical (unpaired) electrons. The quantitative estimate of drug-likeness (QED) is 0.570. The van der Waals surface area contributed by atoms with Gasteiger partial charge >= 0.3 is 6.16 Å². The molecule has 3 saturated carbocycles. The van der Waals surface area contributed by atoms with E-state index in [1.54, 1.807) is 0 Å². The molecule has 5 aliphatic rings. The van der Waals surface area contributed by atoms with Gasteiger partial charge in [0.05, 0.1) is 18.8 Å². The molecule has 0 aromatic heterocycles. The summed E-state index contributed by atoms with van der Waals surface area (Å²) in [5, 5.41) is 0. The van der Waals surface area contributed by atoms with Gasteiger partial charge in [0, 0.05) is 0 Å². The van der Waals surface area contributed by atoms with Gasteiger partial charge < -0.3 is 18.9 Å². The highest BCUT2D eigenvalue weighted by molar-refractivity contribution is 5.60. The summed E-state index contributed by atoms with van der Waals surface area (Å²) in [5.74, 6) is 2.74. The standard InChI is InChI=1S/C14H18O5/c15-14(17-5-7-4-16-7)19-10-2-6-1-8(10)9-3-11-13(18-11)12(6)9/h6-13H,1-5H2. The van der Waals surface area contributed by atoms with Crippen molar-refractivity contribution in [1.29, 1.82) is 0 Å². The number of fused-ring (bicyclic) bond motifs is 7. The second-order valence-electron chi connectivity index (χ2n) is 6.68. The molecule has 0 spiro atoms. The highest BCUT2D eigenvalue weighted by Crippen LogP contribution is 2.64. The molecule has 0 aromatic carbocycles. The third-order valence-electron chi connectivity index (χ3n) is 5.72.